The van der Waals surface area contributed by atoms with Gasteiger partial charge in [-0.05, 0) is 31.9 Å². The number of aromatic amines is 1. The molecule has 10 nitrogen and oxygen atoms in total. The number of amides is 1. The molecule has 3 aromatic heterocycles. The number of fused-ring (bicyclic) bond motifs is 1. The highest BCUT2D eigenvalue weighted by Gasteiger charge is 2.34. The van der Waals surface area contributed by atoms with Crippen LogP contribution in [0.3, 0.4) is 0 Å². The van der Waals surface area contributed by atoms with Gasteiger partial charge in [-0.2, -0.15) is 5.10 Å². The fourth-order valence-electron chi connectivity index (χ4n) is 3.46. The first kappa shape index (κ1) is 16.2. The first-order valence-corrected chi connectivity index (χ1v) is 8.34. The second-order valence-corrected chi connectivity index (χ2v) is 6.38. The summed E-state index contributed by atoms with van der Waals surface area (Å²) in [5.74, 6) is 0.384. The molecular weight excluding hydrogens is 338 g/mol. The smallest absolute Gasteiger partial charge is 0.322 e. The molecule has 1 saturated heterocycles. The summed E-state index contributed by atoms with van der Waals surface area (Å²) >= 11 is 0. The van der Waals surface area contributed by atoms with Gasteiger partial charge < -0.3 is 4.90 Å². The lowest BCUT2D eigenvalue weighted by molar-refractivity contribution is -0.385. The number of likely N-dealkylation sites (tertiary alicyclic amines) is 1. The van der Waals surface area contributed by atoms with E-state index in [1.807, 2.05) is 28.8 Å². The Morgan fingerprint density at radius 1 is 1.38 bits per heavy atom. The third-order valence-corrected chi connectivity index (χ3v) is 4.71. The number of H-pyrrole nitrogens is 1. The van der Waals surface area contributed by atoms with Crippen LogP contribution in [-0.4, -0.2) is 53.6 Å². The Kier molecular flexibility index (Phi) is 3.86. The molecule has 1 aliphatic rings. The molecule has 26 heavy (non-hydrogen) atoms. The van der Waals surface area contributed by atoms with Crippen LogP contribution in [0, 0.1) is 17.0 Å². The fourth-order valence-corrected chi connectivity index (χ4v) is 3.46. The highest BCUT2D eigenvalue weighted by Crippen LogP contribution is 2.29. The van der Waals surface area contributed by atoms with Crippen molar-refractivity contribution in [1.29, 1.82) is 0 Å². The molecule has 4 heterocycles. The summed E-state index contributed by atoms with van der Waals surface area (Å²) in [6.45, 7) is 2.50. The van der Waals surface area contributed by atoms with Crippen molar-refractivity contribution in [3.8, 4) is 0 Å². The Morgan fingerprint density at radius 2 is 2.23 bits per heavy atom. The molecule has 1 amide bonds. The summed E-state index contributed by atoms with van der Waals surface area (Å²) in [5, 5.41) is 26.1. The van der Waals surface area contributed by atoms with E-state index >= 15 is 0 Å². The lowest BCUT2D eigenvalue weighted by atomic mass is 9.97. The molecule has 1 fully saturated rings. The van der Waals surface area contributed by atoms with Gasteiger partial charge in [0.2, 0.25) is 5.69 Å². The molecule has 0 spiro atoms. The van der Waals surface area contributed by atoms with Crippen molar-refractivity contribution < 1.29 is 9.72 Å². The molecular formula is C16H17N7O3. The number of aryl methyl sites for hydroxylation is 1. The maximum atomic E-state index is 12.8. The van der Waals surface area contributed by atoms with Gasteiger partial charge in [0.15, 0.2) is 5.65 Å². The van der Waals surface area contributed by atoms with Gasteiger partial charge in [0.1, 0.15) is 11.5 Å². The Morgan fingerprint density at radius 3 is 3.04 bits per heavy atom. The predicted octanol–water partition coefficient (Wildman–Crippen LogP) is 1.69. The summed E-state index contributed by atoms with van der Waals surface area (Å²) in [5.41, 5.74) is 0.629. The number of nitro groups is 1. The molecule has 0 aromatic carbocycles. The van der Waals surface area contributed by atoms with Crippen LogP contribution in [0.15, 0.2) is 24.4 Å². The lowest BCUT2D eigenvalue weighted by Crippen LogP contribution is -2.40. The van der Waals surface area contributed by atoms with Crippen molar-refractivity contribution in [3.63, 3.8) is 0 Å². The molecule has 0 aliphatic carbocycles. The van der Waals surface area contributed by atoms with Crippen LogP contribution in [0.1, 0.15) is 40.8 Å². The van der Waals surface area contributed by atoms with Gasteiger partial charge in [0, 0.05) is 25.2 Å². The predicted molar refractivity (Wildman–Crippen MR) is 90.8 cm³/mol. The minimum atomic E-state index is -0.570. The Balaban J connectivity index is 1.61. The Bertz CT molecular complexity index is 993. The summed E-state index contributed by atoms with van der Waals surface area (Å²) in [7, 11) is 0. The van der Waals surface area contributed by atoms with Crippen LogP contribution in [0.2, 0.25) is 0 Å². The highest BCUT2D eigenvalue weighted by atomic mass is 16.6. The zero-order chi connectivity index (χ0) is 18.3. The number of hydrogen-bond acceptors (Lipinski definition) is 6. The zero-order valence-corrected chi connectivity index (χ0v) is 14.1. The fraction of sp³-hybridized carbons (Fsp3) is 0.375. The molecule has 0 radical (unpaired) electrons. The molecule has 0 unspecified atom stereocenters. The topological polar surface area (TPSA) is 122 Å². The first-order valence-electron chi connectivity index (χ1n) is 8.34. The second-order valence-electron chi connectivity index (χ2n) is 6.38. The number of aromatic nitrogens is 5. The quantitative estimate of drug-likeness (QED) is 0.563. The summed E-state index contributed by atoms with van der Waals surface area (Å²) in [4.78, 5) is 25.1. The van der Waals surface area contributed by atoms with Gasteiger partial charge in [0.25, 0.3) is 5.91 Å². The molecule has 3 aromatic rings. The molecule has 0 bridgehead atoms. The van der Waals surface area contributed by atoms with Crippen LogP contribution in [0.25, 0.3) is 5.65 Å². The van der Waals surface area contributed by atoms with E-state index in [9.17, 15) is 14.9 Å². The van der Waals surface area contributed by atoms with Crippen LogP contribution >= 0.6 is 0 Å². The van der Waals surface area contributed by atoms with Crippen molar-refractivity contribution in [1.82, 2.24) is 29.7 Å². The number of nitrogens with zero attached hydrogens (tertiary/aromatic N) is 6. The van der Waals surface area contributed by atoms with Crippen molar-refractivity contribution in [2.45, 2.75) is 25.7 Å². The van der Waals surface area contributed by atoms with Gasteiger partial charge in [-0.25, -0.2) is 0 Å². The third-order valence-electron chi connectivity index (χ3n) is 4.71. The van der Waals surface area contributed by atoms with Crippen molar-refractivity contribution in [3.05, 3.63) is 51.7 Å². The molecule has 1 N–H and O–H groups in total. The summed E-state index contributed by atoms with van der Waals surface area (Å²) in [6, 6.07) is 5.67. The Hall–Kier alpha value is -3.30. The van der Waals surface area contributed by atoms with Gasteiger partial charge in [-0.15, -0.1) is 10.2 Å². The second kappa shape index (κ2) is 6.21. The lowest BCUT2D eigenvalue weighted by Gasteiger charge is -2.31. The largest absolute Gasteiger partial charge is 0.336 e. The molecule has 1 atom stereocenters. The average molecular weight is 355 g/mol. The third kappa shape index (κ3) is 2.59. The van der Waals surface area contributed by atoms with E-state index in [1.165, 1.54) is 6.92 Å². The molecule has 1 aliphatic heterocycles. The summed E-state index contributed by atoms with van der Waals surface area (Å²) in [6.07, 6.45) is 3.56. The maximum Gasteiger partial charge on any atom is 0.322 e. The molecule has 0 saturated carbocycles. The van der Waals surface area contributed by atoms with E-state index in [1.54, 1.807) is 4.90 Å². The molecule has 134 valence electrons. The summed E-state index contributed by atoms with van der Waals surface area (Å²) < 4.78 is 1.92. The monoisotopic (exact) mass is 355 g/mol. The van der Waals surface area contributed by atoms with Crippen LogP contribution in [-0.2, 0) is 0 Å². The number of carbonyl (C=O) groups excluding carboxylic acids is 1. The average Bonchev–Trinajstić information content (AvgIpc) is 3.25. The van der Waals surface area contributed by atoms with E-state index in [-0.39, 0.29) is 23.0 Å². The molecule has 10 heteroatoms. The number of piperidine rings is 1. The van der Waals surface area contributed by atoms with Gasteiger partial charge >= 0.3 is 5.69 Å². The van der Waals surface area contributed by atoms with Gasteiger partial charge in [-0.3, -0.25) is 24.4 Å². The normalized spacial score (nSPS) is 17.6. The molecule has 4 rings (SSSR count). The number of carbonyl (C=O) groups is 1. The SMILES string of the molecule is Cc1[nH]nc(C(=O)N2CCC[C@H](c3nnc4ccccn34)C2)c1[N+](=O)[O-]. The maximum absolute atomic E-state index is 12.8. The number of pyridine rings is 1. The van der Waals surface area contributed by atoms with E-state index in [2.05, 4.69) is 20.4 Å². The number of rotatable bonds is 3. The minimum absolute atomic E-state index is 0.0178. The van der Waals surface area contributed by atoms with Crippen LogP contribution in [0.4, 0.5) is 5.69 Å². The van der Waals surface area contributed by atoms with E-state index < -0.39 is 10.8 Å². The first-order chi connectivity index (χ1) is 12.6. The van der Waals surface area contributed by atoms with Crippen molar-refractivity contribution >= 4 is 17.2 Å². The van der Waals surface area contributed by atoms with Crippen molar-refractivity contribution in [2.75, 3.05) is 13.1 Å². The van der Waals surface area contributed by atoms with E-state index in [0.717, 1.165) is 24.3 Å². The van der Waals surface area contributed by atoms with Crippen LogP contribution < -0.4 is 0 Å². The van der Waals surface area contributed by atoms with Crippen molar-refractivity contribution in [2.24, 2.45) is 0 Å². The Labute approximate surface area is 148 Å². The standard InChI is InChI=1S/C16H17N7O3/c1-10-14(23(25)26)13(19-17-10)16(24)21-7-4-5-11(9-21)15-20-18-12-6-2-3-8-22(12)15/h2-3,6,8,11H,4-5,7,9H2,1H3,(H,17,19)/t11-/m0/s1. The zero-order valence-electron chi connectivity index (χ0n) is 14.1. The van der Waals surface area contributed by atoms with Gasteiger partial charge in [-0.1, -0.05) is 6.07 Å². The van der Waals surface area contributed by atoms with E-state index in [4.69, 9.17) is 0 Å². The minimum Gasteiger partial charge on any atom is -0.336 e. The van der Waals surface area contributed by atoms with Gasteiger partial charge in [0.05, 0.1) is 4.92 Å². The highest BCUT2D eigenvalue weighted by molar-refractivity contribution is 5.96. The number of hydrogen-bond donors (Lipinski definition) is 1. The van der Waals surface area contributed by atoms with E-state index in [0.29, 0.717) is 13.1 Å². The van der Waals surface area contributed by atoms with Crippen LogP contribution in [0.5, 0.6) is 0 Å². The number of nitrogens with one attached hydrogen (secondary N) is 1.